The molecule has 0 bridgehead atoms. The van der Waals surface area contributed by atoms with Crippen LogP contribution in [0.3, 0.4) is 0 Å². The van der Waals surface area contributed by atoms with E-state index in [0.29, 0.717) is 32.4 Å². The number of aliphatic carboxylic acids is 1. The number of carboxylic acid groups (broad SMARTS) is 1. The van der Waals surface area contributed by atoms with Gasteiger partial charge in [0, 0.05) is 38.2 Å². The molecule has 0 spiro atoms. The average Bonchev–Trinajstić information content (AvgIpc) is 2.69. The number of nitro benzene ring substituents is 2. The van der Waals surface area contributed by atoms with E-state index in [0.717, 1.165) is 31.4 Å². The number of carbonyl (C=O) groups excluding carboxylic acids is 1. The lowest BCUT2D eigenvalue weighted by Crippen LogP contribution is -2.31. The van der Waals surface area contributed by atoms with Crippen molar-refractivity contribution in [1.82, 2.24) is 5.32 Å². The van der Waals surface area contributed by atoms with Gasteiger partial charge in [0.1, 0.15) is 0 Å². The molecule has 0 atom stereocenters. The summed E-state index contributed by atoms with van der Waals surface area (Å²) in [6, 6.07) is 2.16. The Hall–Kier alpha value is -3.24. The van der Waals surface area contributed by atoms with Crippen LogP contribution < -0.4 is 10.2 Å². The Morgan fingerprint density at radius 2 is 1.59 bits per heavy atom. The Kier molecular flexibility index (Phi) is 7.87. The number of carboxylic acids is 1. The largest absolute Gasteiger partial charge is 0.481 e. The van der Waals surface area contributed by atoms with E-state index < -0.39 is 33.1 Å². The van der Waals surface area contributed by atoms with E-state index in [-0.39, 0.29) is 24.2 Å². The molecule has 29 heavy (non-hydrogen) atoms. The SMILES string of the molecule is O=C(O)CCCCCNC(=O)c1cc([N+](=O)[O-])c(N2CCCCC2)c([N+](=O)[O-])c1. The van der Waals surface area contributed by atoms with Crippen molar-refractivity contribution in [2.24, 2.45) is 0 Å². The van der Waals surface area contributed by atoms with Crippen molar-refractivity contribution >= 4 is 28.9 Å². The van der Waals surface area contributed by atoms with E-state index in [1.54, 1.807) is 4.90 Å². The van der Waals surface area contributed by atoms with Gasteiger partial charge in [0.2, 0.25) is 0 Å². The third-order valence-electron chi connectivity index (χ3n) is 4.75. The van der Waals surface area contributed by atoms with Crippen molar-refractivity contribution in [1.29, 1.82) is 0 Å². The molecule has 1 aliphatic heterocycles. The fourth-order valence-electron chi connectivity index (χ4n) is 3.34. The first-order valence-corrected chi connectivity index (χ1v) is 9.53. The quantitative estimate of drug-likeness (QED) is 0.340. The van der Waals surface area contributed by atoms with Gasteiger partial charge in [-0.05, 0) is 32.1 Å². The first kappa shape index (κ1) is 22.1. The van der Waals surface area contributed by atoms with Crippen LogP contribution in [0.1, 0.15) is 55.3 Å². The van der Waals surface area contributed by atoms with Gasteiger partial charge in [-0.25, -0.2) is 0 Å². The van der Waals surface area contributed by atoms with E-state index in [1.807, 2.05) is 0 Å². The molecular formula is C18H24N4O7. The van der Waals surface area contributed by atoms with Crippen LogP contribution in [0.4, 0.5) is 17.1 Å². The topological polar surface area (TPSA) is 156 Å². The molecule has 1 fully saturated rings. The minimum Gasteiger partial charge on any atom is -0.481 e. The number of unbranched alkanes of at least 4 members (excludes halogenated alkanes) is 2. The lowest BCUT2D eigenvalue weighted by atomic mass is 10.1. The Balaban J connectivity index is 2.18. The Morgan fingerprint density at radius 1 is 1.00 bits per heavy atom. The highest BCUT2D eigenvalue weighted by Crippen LogP contribution is 2.40. The second kappa shape index (κ2) is 10.3. The summed E-state index contributed by atoms with van der Waals surface area (Å²) >= 11 is 0. The Morgan fingerprint density at radius 3 is 2.10 bits per heavy atom. The summed E-state index contributed by atoms with van der Waals surface area (Å²) < 4.78 is 0. The van der Waals surface area contributed by atoms with Crippen LogP contribution in [0.2, 0.25) is 0 Å². The van der Waals surface area contributed by atoms with Crippen molar-refractivity contribution in [3.63, 3.8) is 0 Å². The van der Waals surface area contributed by atoms with Crippen LogP contribution in [0.25, 0.3) is 0 Å². The summed E-state index contributed by atoms with van der Waals surface area (Å²) in [5.41, 5.74) is -1.10. The number of hydrogen-bond donors (Lipinski definition) is 2. The number of anilines is 1. The number of piperidine rings is 1. The van der Waals surface area contributed by atoms with E-state index in [9.17, 15) is 29.8 Å². The van der Waals surface area contributed by atoms with Crippen molar-refractivity contribution in [3.05, 3.63) is 37.9 Å². The zero-order chi connectivity index (χ0) is 21.4. The summed E-state index contributed by atoms with van der Waals surface area (Å²) in [5, 5.41) is 34.3. The number of hydrogen-bond acceptors (Lipinski definition) is 7. The van der Waals surface area contributed by atoms with Gasteiger partial charge in [-0.3, -0.25) is 29.8 Å². The third kappa shape index (κ3) is 6.13. The smallest absolute Gasteiger partial charge is 0.303 e. The minimum absolute atomic E-state index is 0.0459. The second-order valence-corrected chi connectivity index (χ2v) is 6.89. The zero-order valence-corrected chi connectivity index (χ0v) is 16.0. The van der Waals surface area contributed by atoms with Crippen molar-refractivity contribution < 1.29 is 24.5 Å². The fraction of sp³-hybridized carbons (Fsp3) is 0.556. The predicted molar refractivity (Wildman–Crippen MR) is 104 cm³/mol. The maximum atomic E-state index is 12.4. The molecule has 1 heterocycles. The molecule has 11 heteroatoms. The van der Waals surface area contributed by atoms with E-state index in [4.69, 9.17) is 5.11 Å². The van der Waals surface area contributed by atoms with Crippen molar-refractivity contribution in [3.8, 4) is 0 Å². The first-order valence-electron chi connectivity index (χ1n) is 9.53. The molecule has 1 aromatic rings. The number of rotatable bonds is 10. The molecule has 2 rings (SSSR count). The van der Waals surface area contributed by atoms with Crippen LogP contribution in [0.5, 0.6) is 0 Å². The Labute approximate surface area is 167 Å². The van der Waals surface area contributed by atoms with E-state index in [1.165, 1.54) is 0 Å². The molecule has 1 aromatic carbocycles. The standard InChI is InChI=1S/C18H24N4O7/c23-16(24)7-3-1-4-8-19-18(25)13-11-14(21(26)27)17(15(12-13)22(28)29)20-9-5-2-6-10-20/h11-12H,1-10H2,(H,19,25)(H,23,24). The summed E-state index contributed by atoms with van der Waals surface area (Å²) in [6.07, 6.45) is 4.20. The molecule has 0 unspecified atom stereocenters. The molecule has 1 aliphatic rings. The highest BCUT2D eigenvalue weighted by Gasteiger charge is 2.32. The van der Waals surface area contributed by atoms with Crippen LogP contribution in [0, 0.1) is 20.2 Å². The molecule has 1 amide bonds. The molecule has 0 saturated carbocycles. The number of nitrogens with one attached hydrogen (secondary N) is 1. The van der Waals surface area contributed by atoms with Crippen LogP contribution in [-0.2, 0) is 4.79 Å². The lowest BCUT2D eigenvalue weighted by Gasteiger charge is -2.28. The number of carbonyl (C=O) groups is 2. The van der Waals surface area contributed by atoms with Gasteiger partial charge in [0.05, 0.1) is 15.4 Å². The number of amides is 1. The minimum atomic E-state index is -0.887. The Bertz CT molecular complexity index is 755. The normalized spacial score (nSPS) is 13.7. The molecule has 0 radical (unpaired) electrons. The summed E-state index contributed by atoms with van der Waals surface area (Å²) in [6.45, 7) is 1.22. The van der Waals surface area contributed by atoms with Crippen LogP contribution in [0.15, 0.2) is 12.1 Å². The maximum Gasteiger partial charge on any atom is 0.303 e. The van der Waals surface area contributed by atoms with Gasteiger partial charge >= 0.3 is 5.97 Å². The highest BCUT2D eigenvalue weighted by atomic mass is 16.6. The van der Waals surface area contributed by atoms with Crippen LogP contribution >= 0.6 is 0 Å². The summed E-state index contributed by atoms with van der Waals surface area (Å²) in [4.78, 5) is 46.2. The van der Waals surface area contributed by atoms with Gasteiger partial charge in [0.15, 0.2) is 5.69 Å². The average molecular weight is 408 g/mol. The van der Waals surface area contributed by atoms with Gasteiger partial charge < -0.3 is 15.3 Å². The summed E-state index contributed by atoms with van der Waals surface area (Å²) in [5.74, 6) is -1.53. The van der Waals surface area contributed by atoms with Crippen molar-refractivity contribution in [2.75, 3.05) is 24.5 Å². The molecule has 1 saturated heterocycles. The molecule has 158 valence electrons. The molecule has 2 N–H and O–H groups in total. The molecule has 0 aromatic heterocycles. The predicted octanol–water partition coefficient (Wildman–Crippen LogP) is 2.87. The first-order chi connectivity index (χ1) is 13.8. The number of nitro groups is 2. The second-order valence-electron chi connectivity index (χ2n) is 6.89. The monoisotopic (exact) mass is 408 g/mol. The van der Waals surface area contributed by atoms with E-state index >= 15 is 0 Å². The fourth-order valence-corrected chi connectivity index (χ4v) is 3.34. The number of nitrogens with zero attached hydrogens (tertiary/aromatic N) is 3. The van der Waals surface area contributed by atoms with E-state index in [2.05, 4.69) is 5.32 Å². The maximum absolute atomic E-state index is 12.4. The van der Waals surface area contributed by atoms with Gasteiger partial charge in [-0.15, -0.1) is 0 Å². The third-order valence-corrected chi connectivity index (χ3v) is 4.75. The highest BCUT2D eigenvalue weighted by molar-refractivity contribution is 5.97. The lowest BCUT2D eigenvalue weighted by molar-refractivity contribution is -0.392. The molecular weight excluding hydrogens is 384 g/mol. The number of benzene rings is 1. The van der Waals surface area contributed by atoms with Gasteiger partial charge in [0.25, 0.3) is 17.3 Å². The van der Waals surface area contributed by atoms with Crippen LogP contribution in [-0.4, -0.2) is 46.5 Å². The van der Waals surface area contributed by atoms with Gasteiger partial charge in [-0.1, -0.05) is 6.42 Å². The zero-order valence-electron chi connectivity index (χ0n) is 16.0. The molecule has 11 nitrogen and oxygen atoms in total. The van der Waals surface area contributed by atoms with Gasteiger partial charge in [-0.2, -0.15) is 0 Å². The molecule has 0 aliphatic carbocycles. The summed E-state index contributed by atoms with van der Waals surface area (Å²) in [7, 11) is 0. The van der Waals surface area contributed by atoms with Crippen molar-refractivity contribution in [2.45, 2.75) is 44.9 Å².